The van der Waals surface area contributed by atoms with Crippen molar-refractivity contribution in [1.29, 1.82) is 0 Å². The molecule has 146 valence electrons. The van der Waals surface area contributed by atoms with Crippen LogP contribution in [-0.4, -0.2) is 33.1 Å². The van der Waals surface area contributed by atoms with Crippen LogP contribution in [0.3, 0.4) is 0 Å². The Labute approximate surface area is 167 Å². The van der Waals surface area contributed by atoms with Crippen molar-refractivity contribution in [2.45, 2.75) is 45.2 Å². The van der Waals surface area contributed by atoms with Gasteiger partial charge in [0, 0.05) is 24.9 Å². The molecule has 0 N–H and O–H groups in total. The Bertz CT molecular complexity index is 916. The second kappa shape index (κ2) is 8.15. The number of aromatic nitrogens is 3. The van der Waals surface area contributed by atoms with Crippen molar-refractivity contribution in [3.8, 4) is 11.6 Å². The highest BCUT2D eigenvalue weighted by Crippen LogP contribution is 2.33. The summed E-state index contributed by atoms with van der Waals surface area (Å²) >= 11 is 0. The average molecular weight is 377 g/mol. The quantitative estimate of drug-likeness (QED) is 0.623. The molecule has 1 aromatic carbocycles. The van der Waals surface area contributed by atoms with Crippen LogP contribution < -0.4 is 4.74 Å². The van der Waals surface area contributed by atoms with E-state index in [1.54, 1.807) is 7.11 Å². The minimum atomic E-state index is 0.355. The van der Waals surface area contributed by atoms with Crippen LogP contribution in [0.25, 0.3) is 5.82 Å². The highest BCUT2D eigenvalue weighted by Gasteiger charge is 2.27. The predicted octanol–water partition coefficient (Wildman–Crippen LogP) is 4.74. The number of likely N-dealkylation sites (tertiary alicyclic amines) is 1. The minimum Gasteiger partial charge on any atom is -0.497 e. The first-order valence-corrected chi connectivity index (χ1v) is 10.0. The highest BCUT2D eigenvalue weighted by molar-refractivity contribution is 5.30. The van der Waals surface area contributed by atoms with E-state index in [0.717, 1.165) is 42.6 Å². The first-order valence-electron chi connectivity index (χ1n) is 10.0. The Hall–Kier alpha value is -2.66. The Kier molecular flexibility index (Phi) is 5.44. The molecule has 3 aromatic rings. The van der Waals surface area contributed by atoms with Crippen molar-refractivity contribution in [2.24, 2.45) is 0 Å². The number of hydrogen-bond acceptors (Lipinski definition) is 4. The summed E-state index contributed by atoms with van der Waals surface area (Å²) < 4.78 is 7.38. The number of imidazole rings is 1. The third-order valence-corrected chi connectivity index (χ3v) is 5.44. The Morgan fingerprint density at radius 2 is 1.96 bits per heavy atom. The molecule has 1 aliphatic rings. The van der Waals surface area contributed by atoms with Crippen molar-refractivity contribution in [2.75, 3.05) is 13.7 Å². The first kappa shape index (κ1) is 18.7. The number of ether oxygens (including phenoxy) is 1. The molecule has 0 bridgehead atoms. The molecule has 0 unspecified atom stereocenters. The highest BCUT2D eigenvalue weighted by atomic mass is 16.5. The molecule has 2 aromatic heterocycles. The minimum absolute atomic E-state index is 0.355. The third kappa shape index (κ3) is 3.80. The van der Waals surface area contributed by atoms with E-state index in [-0.39, 0.29) is 0 Å². The van der Waals surface area contributed by atoms with Crippen molar-refractivity contribution in [1.82, 2.24) is 19.4 Å². The van der Waals surface area contributed by atoms with Gasteiger partial charge in [-0.2, -0.15) is 0 Å². The topological polar surface area (TPSA) is 43.2 Å². The molecule has 0 aliphatic carbocycles. The molecule has 5 heteroatoms. The molecule has 0 spiro atoms. The molecule has 1 fully saturated rings. The maximum atomic E-state index is 5.27. The summed E-state index contributed by atoms with van der Waals surface area (Å²) in [5, 5.41) is 0. The Balaban J connectivity index is 1.56. The summed E-state index contributed by atoms with van der Waals surface area (Å²) in [6, 6.07) is 15.1. The summed E-state index contributed by atoms with van der Waals surface area (Å²) in [5.41, 5.74) is 2.45. The lowest BCUT2D eigenvalue weighted by atomic mass is 10.1. The van der Waals surface area contributed by atoms with E-state index < -0.39 is 0 Å². The maximum Gasteiger partial charge on any atom is 0.138 e. The first-order chi connectivity index (χ1) is 13.7. The van der Waals surface area contributed by atoms with Gasteiger partial charge in [-0.1, -0.05) is 32.0 Å². The zero-order valence-electron chi connectivity index (χ0n) is 16.9. The molecule has 28 heavy (non-hydrogen) atoms. The van der Waals surface area contributed by atoms with Gasteiger partial charge >= 0.3 is 0 Å². The van der Waals surface area contributed by atoms with Crippen molar-refractivity contribution >= 4 is 0 Å². The molecular formula is C23H28N4O. The van der Waals surface area contributed by atoms with Gasteiger partial charge in [-0.25, -0.2) is 9.97 Å². The third-order valence-electron chi connectivity index (χ3n) is 5.44. The Morgan fingerprint density at radius 1 is 1.14 bits per heavy atom. The summed E-state index contributed by atoms with van der Waals surface area (Å²) in [6.07, 6.45) is 6.21. The van der Waals surface area contributed by atoms with Crippen LogP contribution in [0.5, 0.6) is 5.75 Å². The van der Waals surface area contributed by atoms with Gasteiger partial charge in [0.2, 0.25) is 0 Å². The molecule has 1 saturated heterocycles. The van der Waals surface area contributed by atoms with Crippen LogP contribution in [0, 0.1) is 0 Å². The molecular weight excluding hydrogens is 348 g/mol. The fraction of sp³-hybridized carbons (Fsp3) is 0.391. The second-order valence-corrected chi connectivity index (χ2v) is 7.71. The van der Waals surface area contributed by atoms with Gasteiger partial charge in [-0.05, 0) is 49.2 Å². The molecule has 5 nitrogen and oxygen atoms in total. The lowest BCUT2D eigenvalue weighted by Gasteiger charge is -2.24. The van der Waals surface area contributed by atoms with Gasteiger partial charge in [0.25, 0.3) is 0 Å². The molecule has 0 saturated carbocycles. The van der Waals surface area contributed by atoms with E-state index in [4.69, 9.17) is 9.72 Å². The summed E-state index contributed by atoms with van der Waals surface area (Å²) in [6.45, 7) is 6.36. The molecule has 4 rings (SSSR count). The number of pyridine rings is 1. The lowest BCUT2D eigenvalue weighted by Crippen LogP contribution is -2.23. The van der Waals surface area contributed by atoms with E-state index in [9.17, 15) is 0 Å². The fourth-order valence-electron chi connectivity index (χ4n) is 4.01. The SMILES string of the molecule is COc1ccc(CN2CCC[C@H]2c2cccc(-n3ccnc3C(C)C)n2)cc1. The van der Waals surface area contributed by atoms with Crippen LogP contribution in [0.4, 0.5) is 0 Å². The number of rotatable bonds is 6. The fourth-order valence-corrected chi connectivity index (χ4v) is 4.01. The maximum absolute atomic E-state index is 5.27. The van der Waals surface area contributed by atoms with Crippen LogP contribution in [0.2, 0.25) is 0 Å². The average Bonchev–Trinajstić information content (AvgIpc) is 3.38. The van der Waals surface area contributed by atoms with Crippen molar-refractivity contribution < 1.29 is 4.74 Å². The van der Waals surface area contributed by atoms with Crippen LogP contribution in [-0.2, 0) is 6.54 Å². The molecule has 1 atom stereocenters. The van der Waals surface area contributed by atoms with Crippen LogP contribution >= 0.6 is 0 Å². The summed E-state index contributed by atoms with van der Waals surface area (Å²) in [5.74, 6) is 3.26. The molecule has 1 aliphatic heterocycles. The normalized spacial score (nSPS) is 17.4. The van der Waals surface area contributed by atoms with Gasteiger partial charge in [0.05, 0.1) is 18.8 Å². The van der Waals surface area contributed by atoms with Gasteiger partial charge in [-0.15, -0.1) is 0 Å². The number of benzene rings is 1. The molecule has 3 heterocycles. The van der Waals surface area contributed by atoms with Gasteiger partial charge < -0.3 is 4.74 Å². The van der Waals surface area contributed by atoms with E-state index in [1.807, 2.05) is 24.5 Å². The Morgan fingerprint density at radius 3 is 2.71 bits per heavy atom. The van der Waals surface area contributed by atoms with Crippen LogP contribution in [0.15, 0.2) is 54.9 Å². The predicted molar refractivity (Wildman–Crippen MR) is 111 cm³/mol. The number of methoxy groups -OCH3 is 1. The smallest absolute Gasteiger partial charge is 0.138 e. The van der Waals surface area contributed by atoms with Gasteiger partial charge in [-0.3, -0.25) is 9.47 Å². The monoisotopic (exact) mass is 376 g/mol. The van der Waals surface area contributed by atoms with E-state index in [1.165, 1.54) is 12.0 Å². The number of hydrogen-bond donors (Lipinski definition) is 0. The van der Waals surface area contributed by atoms with E-state index >= 15 is 0 Å². The molecule has 0 amide bonds. The largest absolute Gasteiger partial charge is 0.497 e. The van der Waals surface area contributed by atoms with Gasteiger partial charge in [0.1, 0.15) is 17.4 Å². The lowest BCUT2D eigenvalue weighted by molar-refractivity contribution is 0.244. The van der Waals surface area contributed by atoms with Crippen molar-refractivity contribution in [3.05, 3.63) is 71.9 Å². The summed E-state index contributed by atoms with van der Waals surface area (Å²) in [4.78, 5) is 12.1. The zero-order chi connectivity index (χ0) is 19.5. The molecule has 0 radical (unpaired) electrons. The van der Waals surface area contributed by atoms with Gasteiger partial charge in [0.15, 0.2) is 0 Å². The van der Waals surface area contributed by atoms with E-state index in [2.05, 4.69) is 58.6 Å². The number of nitrogens with zero attached hydrogens (tertiary/aromatic N) is 4. The van der Waals surface area contributed by atoms with E-state index in [0.29, 0.717) is 12.0 Å². The van der Waals surface area contributed by atoms with Crippen molar-refractivity contribution in [3.63, 3.8) is 0 Å². The standard InChI is InChI=1S/C23H28N4O/c1-17(2)23-24-13-15-27(23)22-8-4-6-20(25-22)21-7-5-14-26(21)16-18-9-11-19(28-3)12-10-18/h4,6,8-13,15,17,21H,5,7,14,16H2,1-3H3/t21-/m0/s1. The van der Waals surface area contributed by atoms with Crippen LogP contribution in [0.1, 0.15) is 55.7 Å². The zero-order valence-corrected chi connectivity index (χ0v) is 16.9. The summed E-state index contributed by atoms with van der Waals surface area (Å²) in [7, 11) is 1.70. The second-order valence-electron chi connectivity index (χ2n) is 7.71.